The number of anilines is 2. The molecule has 2 rings (SSSR count). The number of nitrogens with one attached hydrogen (secondary N) is 2. The molecule has 0 aliphatic heterocycles. The highest BCUT2D eigenvalue weighted by Crippen LogP contribution is 2.36. The van der Waals surface area contributed by atoms with Gasteiger partial charge in [-0.2, -0.15) is 0 Å². The zero-order valence-electron chi connectivity index (χ0n) is 15.1. The quantitative estimate of drug-likeness (QED) is 0.792. The highest BCUT2D eigenvalue weighted by atomic mass is 35.5. The molecule has 0 saturated heterocycles. The topological polar surface area (TPSA) is 76.7 Å². The number of carbonyl (C=O) groups is 2. The highest BCUT2D eigenvalue weighted by Gasteiger charge is 2.14. The van der Waals surface area contributed by atoms with Gasteiger partial charge in [0.2, 0.25) is 5.91 Å². The summed E-state index contributed by atoms with van der Waals surface area (Å²) in [4.78, 5) is 24.2. The van der Waals surface area contributed by atoms with Crippen molar-refractivity contribution >= 4 is 34.8 Å². The Kier molecular flexibility index (Phi) is 6.46. The molecule has 0 saturated carbocycles. The lowest BCUT2D eigenvalue weighted by atomic mass is 10.1. The highest BCUT2D eigenvalue weighted by molar-refractivity contribution is 6.32. The summed E-state index contributed by atoms with van der Waals surface area (Å²) in [5.74, 6) is 0.319. The molecule has 0 aromatic heterocycles. The predicted octanol–water partition coefficient (Wildman–Crippen LogP) is 4.20. The third-order valence-electron chi connectivity index (χ3n) is 3.66. The Labute approximate surface area is 157 Å². The minimum atomic E-state index is -0.325. The normalized spacial score (nSPS) is 10.4. The maximum atomic E-state index is 12.5. The van der Waals surface area contributed by atoms with Gasteiger partial charge in [0.05, 0.1) is 24.9 Å². The summed E-state index contributed by atoms with van der Waals surface area (Å²) in [6.45, 7) is 3.62. The van der Waals surface area contributed by atoms with Crippen molar-refractivity contribution in [2.24, 2.45) is 5.92 Å². The maximum absolute atomic E-state index is 12.5. The third kappa shape index (κ3) is 4.67. The first kappa shape index (κ1) is 19.6. The van der Waals surface area contributed by atoms with E-state index in [1.165, 1.54) is 14.2 Å². The Hall–Kier alpha value is -2.73. The van der Waals surface area contributed by atoms with E-state index in [-0.39, 0.29) is 17.7 Å². The van der Waals surface area contributed by atoms with Gasteiger partial charge in [-0.25, -0.2) is 0 Å². The van der Waals surface area contributed by atoms with Gasteiger partial charge < -0.3 is 20.1 Å². The fourth-order valence-electron chi connectivity index (χ4n) is 2.14. The van der Waals surface area contributed by atoms with Crippen LogP contribution in [0.15, 0.2) is 36.4 Å². The Morgan fingerprint density at radius 3 is 2.12 bits per heavy atom. The molecule has 2 N–H and O–H groups in total. The summed E-state index contributed by atoms with van der Waals surface area (Å²) in [6, 6.07) is 9.77. The first-order chi connectivity index (χ1) is 12.3. The fraction of sp³-hybridized carbons (Fsp3) is 0.263. The Bertz CT molecular complexity index is 804. The van der Waals surface area contributed by atoms with E-state index >= 15 is 0 Å². The standard InChI is InChI=1S/C19H21ClN2O4/c1-11(2)18(23)21-13-7-5-12(6-8-13)19(24)22-15-10-16(25-3)14(20)9-17(15)26-4/h5-11H,1-4H3,(H,21,23)(H,22,24). The van der Waals surface area contributed by atoms with Crippen molar-refractivity contribution in [2.75, 3.05) is 24.9 Å². The van der Waals surface area contributed by atoms with Gasteiger partial charge in [-0.05, 0) is 24.3 Å². The molecule has 6 nitrogen and oxygen atoms in total. The Balaban J connectivity index is 2.16. The lowest BCUT2D eigenvalue weighted by Gasteiger charge is -2.13. The summed E-state index contributed by atoms with van der Waals surface area (Å²) in [6.07, 6.45) is 0. The zero-order chi connectivity index (χ0) is 19.3. The Morgan fingerprint density at radius 2 is 1.58 bits per heavy atom. The molecule has 0 bridgehead atoms. The van der Waals surface area contributed by atoms with E-state index in [9.17, 15) is 9.59 Å². The molecule has 2 aromatic rings. The van der Waals surface area contributed by atoms with Crippen LogP contribution in [-0.4, -0.2) is 26.0 Å². The van der Waals surface area contributed by atoms with E-state index in [2.05, 4.69) is 10.6 Å². The molecule has 2 amide bonds. The van der Waals surface area contributed by atoms with E-state index < -0.39 is 0 Å². The second-order valence-corrected chi connectivity index (χ2v) is 6.27. The van der Waals surface area contributed by atoms with Crippen molar-refractivity contribution in [1.29, 1.82) is 0 Å². The number of benzene rings is 2. The molecule has 0 unspecified atom stereocenters. The van der Waals surface area contributed by atoms with Gasteiger partial charge in [0.25, 0.3) is 5.91 Å². The van der Waals surface area contributed by atoms with Crippen molar-refractivity contribution in [2.45, 2.75) is 13.8 Å². The SMILES string of the molecule is COc1cc(NC(=O)c2ccc(NC(=O)C(C)C)cc2)c(OC)cc1Cl. The minimum Gasteiger partial charge on any atom is -0.495 e. The smallest absolute Gasteiger partial charge is 0.255 e. The maximum Gasteiger partial charge on any atom is 0.255 e. The molecular weight excluding hydrogens is 356 g/mol. The molecule has 0 atom stereocenters. The molecular formula is C19H21ClN2O4. The number of hydrogen-bond acceptors (Lipinski definition) is 4. The number of carbonyl (C=O) groups excluding carboxylic acids is 2. The first-order valence-corrected chi connectivity index (χ1v) is 8.37. The minimum absolute atomic E-state index is 0.0832. The summed E-state index contributed by atoms with van der Waals surface area (Å²) >= 11 is 6.06. The van der Waals surface area contributed by atoms with Crippen LogP contribution in [0.2, 0.25) is 5.02 Å². The van der Waals surface area contributed by atoms with Crippen LogP contribution in [0.5, 0.6) is 11.5 Å². The van der Waals surface area contributed by atoms with E-state index in [1.54, 1.807) is 36.4 Å². The van der Waals surface area contributed by atoms with Crippen LogP contribution in [0, 0.1) is 5.92 Å². The van der Waals surface area contributed by atoms with Gasteiger partial charge in [0, 0.05) is 29.3 Å². The zero-order valence-corrected chi connectivity index (χ0v) is 15.8. The van der Waals surface area contributed by atoms with Crippen LogP contribution in [0.1, 0.15) is 24.2 Å². The third-order valence-corrected chi connectivity index (χ3v) is 3.96. The lowest BCUT2D eigenvalue weighted by molar-refractivity contribution is -0.118. The van der Waals surface area contributed by atoms with E-state index in [4.69, 9.17) is 21.1 Å². The van der Waals surface area contributed by atoms with Gasteiger partial charge in [0.1, 0.15) is 11.5 Å². The van der Waals surface area contributed by atoms with Crippen molar-refractivity contribution in [1.82, 2.24) is 0 Å². The van der Waals surface area contributed by atoms with Gasteiger partial charge >= 0.3 is 0 Å². The van der Waals surface area contributed by atoms with Crippen molar-refractivity contribution in [3.8, 4) is 11.5 Å². The van der Waals surface area contributed by atoms with Gasteiger partial charge in [-0.15, -0.1) is 0 Å². The number of ether oxygens (including phenoxy) is 2. The molecule has 26 heavy (non-hydrogen) atoms. The van der Waals surface area contributed by atoms with Gasteiger partial charge in [0.15, 0.2) is 0 Å². The molecule has 0 aliphatic carbocycles. The van der Waals surface area contributed by atoms with Gasteiger partial charge in [-0.3, -0.25) is 9.59 Å². The molecule has 0 spiro atoms. The summed E-state index contributed by atoms with van der Waals surface area (Å²) in [5.41, 5.74) is 1.51. The first-order valence-electron chi connectivity index (χ1n) is 7.99. The average Bonchev–Trinajstić information content (AvgIpc) is 2.63. The number of amides is 2. The van der Waals surface area contributed by atoms with E-state index in [0.717, 1.165) is 0 Å². The summed E-state index contributed by atoms with van der Waals surface area (Å²) in [5, 5.41) is 5.93. The van der Waals surface area contributed by atoms with Crippen LogP contribution in [-0.2, 0) is 4.79 Å². The number of hydrogen-bond donors (Lipinski definition) is 2. The second-order valence-electron chi connectivity index (χ2n) is 5.86. The molecule has 0 radical (unpaired) electrons. The molecule has 0 heterocycles. The van der Waals surface area contributed by atoms with Crippen LogP contribution in [0.25, 0.3) is 0 Å². The lowest BCUT2D eigenvalue weighted by Crippen LogP contribution is -2.18. The van der Waals surface area contributed by atoms with Crippen LogP contribution < -0.4 is 20.1 Å². The number of halogens is 1. The molecule has 138 valence electrons. The summed E-state index contributed by atoms with van der Waals surface area (Å²) in [7, 11) is 2.98. The fourth-order valence-corrected chi connectivity index (χ4v) is 2.37. The number of methoxy groups -OCH3 is 2. The van der Waals surface area contributed by atoms with E-state index in [0.29, 0.717) is 33.5 Å². The molecule has 0 aliphatic rings. The number of rotatable bonds is 6. The van der Waals surface area contributed by atoms with Crippen LogP contribution in [0.4, 0.5) is 11.4 Å². The Morgan fingerprint density at radius 1 is 0.962 bits per heavy atom. The molecule has 0 fully saturated rings. The van der Waals surface area contributed by atoms with Crippen LogP contribution >= 0.6 is 11.6 Å². The van der Waals surface area contributed by atoms with Gasteiger partial charge in [-0.1, -0.05) is 25.4 Å². The average molecular weight is 377 g/mol. The summed E-state index contributed by atoms with van der Waals surface area (Å²) < 4.78 is 10.4. The molecule has 2 aromatic carbocycles. The molecule has 7 heteroatoms. The monoisotopic (exact) mass is 376 g/mol. The van der Waals surface area contributed by atoms with Crippen molar-refractivity contribution < 1.29 is 19.1 Å². The van der Waals surface area contributed by atoms with E-state index in [1.807, 2.05) is 13.8 Å². The largest absolute Gasteiger partial charge is 0.495 e. The predicted molar refractivity (Wildman–Crippen MR) is 102 cm³/mol. The van der Waals surface area contributed by atoms with Crippen LogP contribution in [0.3, 0.4) is 0 Å². The van der Waals surface area contributed by atoms with Crippen molar-refractivity contribution in [3.63, 3.8) is 0 Å². The second kappa shape index (κ2) is 8.58. The van der Waals surface area contributed by atoms with Crippen molar-refractivity contribution in [3.05, 3.63) is 47.0 Å².